The van der Waals surface area contributed by atoms with Gasteiger partial charge < -0.3 is 14.3 Å². The summed E-state index contributed by atoms with van der Waals surface area (Å²) in [7, 11) is 0. The van der Waals surface area contributed by atoms with Crippen LogP contribution in [0.1, 0.15) is 21.6 Å². The average molecular weight is 347 g/mol. The SMILES string of the molecule is O=C(O)c1cc2c(n(OC(F)F)c1=O)-c1nc3ccccn3c1CC2. The Labute approximate surface area is 138 Å². The molecular weight excluding hydrogens is 336 g/mol. The molecular formula is C16H11F2N3O4. The van der Waals surface area contributed by atoms with Gasteiger partial charge in [0.2, 0.25) is 0 Å². The number of rotatable bonds is 3. The third-order valence-electron chi connectivity index (χ3n) is 4.14. The van der Waals surface area contributed by atoms with Gasteiger partial charge in [0.15, 0.2) is 0 Å². The summed E-state index contributed by atoms with van der Waals surface area (Å²) in [5.41, 5.74) is 0.398. The molecule has 3 aromatic heterocycles. The van der Waals surface area contributed by atoms with Crippen molar-refractivity contribution < 1.29 is 23.5 Å². The van der Waals surface area contributed by atoms with Gasteiger partial charge in [-0.1, -0.05) is 6.07 Å². The highest BCUT2D eigenvalue weighted by atomic mass is 19.3. The Bertz CT molecular complexity index is 1070. The van der Waals surface area contributed by atoms with Gasteiger partial charge in [-0.3, -0.25) is 4.79 Å². The predicted octanol–water partition coefficient (Wildman–Crippen LogP) is 1.61. The molecule has 0 saturated heterocycles. The maximum Gasteiger partial charge on any atom is 0.405 e. The molecule has 25 heavy (non-hydrogen) atoms. The fourth-order valence-electron chi connectivity index (χ4n) is 3.15. The highest BCUT2D eigenvalue weighted by Gasteiger charge is 2.29. The number of aryl methyl sites for hydroxylation is 2. The fraction of sp³-hybridized carbons (Fsp3) is 0.188. The van der Waals surface area contributed by atoms with Gasteiger partial charge in [-0.2, -0.15) is 8.78 Å². The van der Waals surface area contributed by atoms with E-state index >= 15 is 0 Å². The lowest BCUT2D eigenvalue weighted by atomic mass is 9.95. The smallest absolute Gasteiger partial charge is 0.405 e. The maximum absolute atomic E-state index is 12.8. The standard InChI is InChI=1S/C16H11F2N3O4/c17-16(18)25-21-13-8(7-9(14(21)22)15(23)24)4-5-10-12(13)19-11-3-1-2-6-20(10)11/h1-3,6-7,16H,4-5H2,(H,23,24). The first-order valence-electron chi connectivity index (χ1n) is 7.41. The van der Waals surface area contributed by atoms with Gasteiger partial charge in [-0.25, -0.2) is 9.78 Å². The monoisotopic (exact) mass is 347 g/mol. The zero-order valence-corrected chi connectivity index (χ0v) is 12.6. The van der Waals surface area contributed by atoms with Gasteiger partial charge in [0.05, 0.1) is 5.69 Å². The van der Waals surface area contributed by atoms with Crippen LogP contribution in [0.5, 0.6) is 0 Å². The zero-order chi connectivity index (χ0) is 17.7. The van der Waals surface area contributed by atoms with Crippen LogP contribution in [-0.4, -0.2) is 31.8 Å². The van der Waals surface area contributed by atoms with E-state index in [0.717, 1.165) is 5.69 Å². The average Bonchev–Trinajstić information content (AvgIpc) is 2.95. The number of carboxylic acids is 1. The van der Waals surface area contributed by atoms with Crippen molar-refractivity contribution in [3.63, 3.8) is 0 Å². The van der Waals surface area contributed by atoms with Crippen LogP contribution in [0.15, 0.2) is 35.3 Å². The van der Waals surface area contributed by atoms with Crippen molar-refractivity contribution in [2.45, 2.75) is 19.5 Å². The van der Waals surface area contributed by atoms with Crippen LogP contribution in [0, 0.1) is 0 Å². The summed E-state index contributed by atoms with van der Waals surface area (Å²) in [6.45, 7) is -3.28. The molecule has 0 amide bonds. The number of alkyl halides is 2. The van der Waals surface area contributed by atoms with Gasteiger partial charge in [0.1, 0.15) is 22.6 Å². The Kier molecular flexibility index (Phi) is 3.31. The number of aromatic carboxylic acids is 1. The molecule has 1 N–H and O–H groups in total. The molecule has 128 valence electrons. The quantitative estimate of drug-likeness (QED) is 0.778. The van der Waals surface area contributed by atoms with Gasteiger partial charge in [0, 0.05) is 6.20 Å². The van der Waals surface area contributed by atoms with E-state index in [1.54, 1.807) is 28.8 Å². The van der Waals surface area contributed by atoms with Crippen LogP contribution in [0.3, 0.4) is 0 Å². The van der Waals surface area contributed by atoms with E-state index in [1.165, 1.54) is 6.07 Å². The van der Waals surface area contributed by atoms with E-state index in [-0.39, 0.29) is 5.69 Å². The summed E-state index contributed by atoms with van der Waals surface area (Å²) >= 11 is 0. The van der Waals surface area contributed by atoms with Crippen LogP contribution in [0.25, 0.3) is 17.0 Å². The second kappa shape index (κ2) is 5.40. The second-order valence-electron chi connectivity index (χ2n) is 5.54. The van der Waals surface area contributed by atoms with Gasteiger partial charge in [0.25, 0.3) is 5.56 Å². The van der Waals surface area contributed by atoms with E-state index in [4.69, 9.17) is 5.11 Å². The summed E-state index contributed by atoms with van der Waals surface area (Å²) in [5, 5.41) is 9.16. The fourth-order valence-corrected chi connectivity index (χ4v) is 3.15. The normalized spacial score (nSPS) is 12.9. The predicted molar refractivity (Wildman–Crippen MR) is 81.8 cm³/mol. The molecule has 0 atom stereocenters. The van der Waals surface area contributed by atoms with E-state index in [0.29, 0.717) is 34.5 Å². The maximum atomic E-state index is 12.8. The summed E-state index contributed by atoms with van der Waals surface area (Å²) in [4.78, 5) is 32.3. The number of pyridine rings is 2. The van der Waals surface area contributed by atoms with Crippen LogP contribution < -0.4 is 10.4 Å². The summed E-state index contributed by atoms with van der Waals surface area (Å²) in [6, 6.07) is 6.55. The van der Waals surface area contributed by atoms with Crippen LogP contribution >= 0.6 is 0 Å². The number of carbonyl (C=O) groups is 1. The van der Waals surface area contributed by atoms with Gasteiger partial charge >= 0.3 is 12.6 Å². The number of fused-ring (bicyclic) bond motifs is 5. The number of aromatic nitrogens is 3. The lowest BCUT2D eigenvalue weighted by Crippen LogP contribution is -2.36. The number of hydrogen-bond acceptors (Lipinski definition) is 4. The van der Waals surface area contributed by atoms with Crippen molar-refractivity contribution in [1.29, 1.82) is 0 Å². The third-order valence-corrected chi connectivity index (χ3v) is 4.14. The minimum absolute atomic E-state index is 0.0697. The Morgan fingerprint density at radius 2 is 2.12 bits per heavy atom. The number of carboxylic acid groups (broad SMARTS) is 1. The molecule has 4 rings (SSSR count). The molecule has 0 unspecified atom stereocenters. The topological polar surface area (TPSA) is 85.8 Å². The van der Waals surface area contributed by atoms with Crippen LogP contribution in [-0.2, 0) is 12.8 Å². The largest absolute Gasteiger partial charge is 0.477 e. The first kappa shape index (κ1) is 15.3. The lowest BCUT2D eigenvalue weighted by Gasteiger charge is -2.20. The number of nitrogens with zero attached hydrogens (tertiary/aromatic N) is 3. The van der Waals surface area contributed by atoms with Gasteiger partial charge in [-0.05, 0) is 36.6 Å². The molecule has 9 heteroatoms. The molecule has 3 aromatic rings. The van der Waals surface area contributed by atoms with Crippen LogP contribution in [0.4, 0.5) is 8.78 Å². The molecule has 0 spiro atoms. The molecule has 0 fully saturated rings. The summed E-state index contributed by atoms with van der Waals surface area (Å²) in [6.07, 6.45) is 2.69. The second-order valence-corrected chi connectivity index (χ2v) is 5.54. The molecule has 0 aromatic carbocycles. The van der Waals surface area contributed by atoms with Crippen molar-refractivity contribution in [1.82, 2.24) is 14.1 Å². The highest BCUT2D eigenvalue weighted by molar-refractivity contribution is 5.88. The molecule has 1 aliphatic carbocycles. The molecule has 7 nitrogen and oxygen atoms in total. The van der Waals surface area contributed by atoms with Crippen molar-refractivity contribution >= 4 is 11.6 Å². The Balaban J connectivity index is 2.07. The first-order valence-corrected chi connectivity index (χ1v) is 7.41. The third kappa shape index (κ3) is 2.27. The van der Waals surface area contributed by atoms with Crippen molar-refractivity contribution in [2.75, 3.05) is 0 Å². The molecule has 1 aliphatic rings. The van der Waals surface area contributed by atoms with Gasteiger partial charge in [-0.15, -0.1) is 4.73 Å². The first-order chi connectivity index (χ1) is 12.0. The highest BCUT2D eigenvalue weighted by Crippen LogP contribution is 2.33. The minimum atomic E-state index is -3.28. The summed E-state index contributed by atoms with van der Waals surface area (Å²) in [5.74, 6) is -1.50. The molecule has 0 radical (unpaired) electrons. The van der Waals surface area contributed by atoms with Crippen molar-refractivity contribution in [2.24, 2.45) is 0 Å². The molecule has 3 heterocycles. The Morgan fingerprint density at radius 1 is 1.32 bits per heavy atom. The van der Waals surface area contributed by atoms with E-state index in [2.05, 4.69) is 9.82 Å². The number of halogens is 2. The number of imidazole rings is 1. The van der Waals surface area contributed by atoms with E-state index in [9.17, 15) is 18.4 Å². The van der Waals surface area contributed by atoms with Crippen LogP contribution in [0.2, 0.25) is 0 Å². The van der Waals surface area contributed by atoms with Crippen molar-refractivity contribution in [3.8, 4) is 11.4 Å². The summed E-state index contributed by atoms with van der Waals surface area (Å²) < 4.78 is 27.8. The van der Waals surface area contributed by atoms with E-state index < -0.39 is 23.7 Å². The zero-order valence-electron chi connectivity index (χ0n) is 12.6. The lowest BCUT2D eigenvalue weighted by molar-refractivity contribution is -0.134. The molecule has 0 bridgehead atoms. The number of hydrogen-bond donors (Lipinski definition) is 1. The van der Waals surface area contributed by atoms with Crippen molar-refractivity contribution in [3.05, 3.63) is 57.6 Å². The van der Waals surface area contributed by atoms with E-state index in [1.807, 2.05) is 0 Å². The Morgan fingerprint density at radius 3 is 2.84 bits per heavy atom. The molecule has 0 saturated carbocycles. The molecule has 0 aliphatic heterocycles. The minimum Gasteiger partial charge on any atom is -0.477 e. The Hall–Kier alpha value is -3.23.